The number of nitrogens with one attached hydrogen (secondary N) is 2. The van der Waals surface area contributed by atoms with Gasteiger partial charge in [-0.05, 0) is 62.2 Å². The van der Waals surface area contributed by atoms with E-state index in [0.717, 1.165) is 41.7 Å². The number of hydrogen-bond donors (Lipinski definition) is 3. The van der Waals surface area contributed by atoms with E-state index in [9.17, 15) is 14.7 Å². The predicted molar refractivity (Wildman–Crippen MR) is 129 cm³/mol. The van der Waals surface area contributed by atoms with Gasteiger partial charge in [0, 0.05) is 6.54 Å². The van der Waals surface area contributed by atoms with Crippen LogP contribution in [0, 0.1) is 5.92 Å². The molecule has 3 heterocycles. The molecule has 9 nitrogen and oxygen atoms in total. The molecule has 0 unspecified atom stereocenters. The number of aromatic amines is 2. The van der Waals surface area contributed by atoms with Crippen LogP contribution in [0.4, 0.5) is 0 Å². The minimum absolute atomic E-state index is 0.223. The average molecular weight is 462 g/mol. The summed E-state index contributed by atoms with van der Waals surface area (Å²) in [6.45, 7) is 4.77. The molecule has 1 fully saturated rings. The lowest BCUT2D eigenvalue weighted by Crippen LogP contribution is -2.35. The Kier molecular flexibility index (Phi) is 6.02. The van der Waals surface area contributed by atoms with Gasteiger partial charge in [0.2, 0.25) is 0 Å². The number of aromatic nitrogens is 4. The Balaban J connectivity index is 1.50. The number of aliphatic carboxylic acids is 1. The van der Waals surface area contributed by atoms with Crippen molar-refractivity contribution in [2.24, 2.45) is 5.92 Å². The summed E-state index contributed by atoms with van der Waals surface area (Å²) in [6.07, 6.45) is 3.76. The Labute approximate surface area is 195 Å². The molecule has 176 valence electrons. The van der Waals surface area contributed by atoms with E-state index in [2.05, 4.69) is 19.9 Å². The van der Waals surface area contributed by atoms with Gasteiger partial charge in [-0.2, -0.15) is 0 Å². The fraction of sp³-hybridized carbons (Fsp3) is 0.360. The summed E-state index contributed by atoms with van der Waals surface area (Å²) in [5.41, 5.74) is 3.66. The summed E-state index contributed by atoms with van der Waals surface area (Å²) in [5.74, 6) is 0.144. The number of fused-ring (bicyclic) bond motifs is 2. The highest BCUT2D eigenvalue weighted by molar-refractivity contribution is 5.93. The fourth-order valence-corrected chi connectivity index (χ4v) is 4.49. The van der Waals surface area contributed by atoms with Gasteiger partial charge < -0.3 is 19.8 Å². The van der Waals surface area contributed by atoms with Gasteiger partial charge >= 0.3 is 5.97 Å². The predicted octanol–water partition coefficient (Wildman–Crippen LogP) is 3.55. The van der Waals surface area contributed by atoms with Crippen molar-refractivity contribution in [2.75, 3.05) is 19.7 Å². The Morgan fingerprint density at radius 2 is 2.03 bits per heavy atom. The third-order valence-electron chi connectivity index (χ3n) is 6.35. The number of hydrogen-bond acceptors (Lipinski definition) is 6. The number of rotatable bonds is 7. The van der Waals surface area contributed by atoms with E-state index in [1.54, 1.807) is 12.4 Å². The van der Waals surface area contributed by atoms with Gasteiger partial charge in [0.05, 0.1) is 46.4 Å². The van der Waals surface area contributed by atoms with Crippen molar-refractivity contribution in [2.45, 2.75) is 32.7 Å². The summed E-state index contributed by atoms with van der Waals surface area (Å²) in [4.78, 5) is 41.4. The van der Waals surface area contributed by atoms with Crippen LogP contribution in [0.3, 0.4) is 0 Å². The molecule has 3 N–H and O–H groups in total. The molecule has 9 heteroatoms. The van der Waals surface area contributed by atoms with Crippen LogP contribution in [0.1, 0.15) is 31.7 Å². The van der Waals surface area contributed by atoms with Crippen molar-refractivity contribution in [3.05, 3.63) is 52.6 Å². The summed E-state index contributed by atoms with van der Waals surface area (Å²) < 4.78 is 5.98. The Bertz CT molecular complexity index is 1400. The highest BCUT2D eigenvalue weighted by Crippen LogP contribution is 2.31. The van der Waals surface area contributed by atoms with Crippen LogP contribution in [-0.2, 0) is 11.3 Å². The summed E-state index contributed by atoms with van der Waals surface area (Å²) in [5, 5.41) is 9.74. The summed E-state index contributed by atoms with van der Waals surface area (Å²) in [6, 6.07) is 9.52. The van der Waals surface area contributed by atoms with Crippen LogP contribution in [0.5, 0.6) is 5.75 Å². The molecule has 5 rings (SSSR count). The molecule has 0 amide bonds. The van der Waals surface area contributed by atoms with Crippen LogP contribution in [0.15, 0.2) is 41.5 Å². The number of piperidine rings is 1. The maximum Gasteiger partial charge on any atom is 0.306 e. The fourth-order valence-electron chi connectivity index (χ4n) is 4.49. The van der Waals surface area contributed by atoms with Crippen LogP contribution in [0.25, 0.3) is 33.3 Å². The van der Waals surface area contributed by atoms with Gasteiger partial charge in [-0.25, -0.2) is 9.97 Å². The zero-order chi connectivity index (χ0) is 23.7. The maximum absolute atomic E-state index is 12.9. The zero-order valence-electron chi connectivity index (χ0n) is 19.0. The van der Waals surface area contributed by atoms with Crippen molar-refractivity contribution < 1.29 is 14.6 Å². The van der Waals surface area contributed by atoms with Crippen LogP contribution >= 0.6 is 0 Å². The van der Waals surface area contributed by atoms with E-state index in [0.29, 0.717) is 48.5 Å². The van der Waals surface area contributed by atoms with Gasteiger partial charge in [-0.1, -0.05) is 13.0 Å². The number of carbonyl (C=O) groups is 1. The first-order valence-corrected chi connectivity index (χ1v) is 11.6. The third-order valence-corrected chi connectivity index (χ3v) is 6.35. The maximum atomic E-state index is 12.9. The minimum atomic E-state index is -0.710. The molecular weight excluding hydrogens is 434 g/mol. The number of carboxylic acids is 1. The number of H-pyrrole nitrogens is 2. The SMILES string of the molecule is CCCOc1ccc(CN2CCC(C(=O)O)CC2)cc1-c1nc2cc3nc[nH]c3cc2c(=O)[nH]1. The van der Waals surface area contributed by atoms with E-state index in [-0.39, 0.29) is 11.5 Å². The van der Waals surface area contributed by atoms with Crippen LogP contribution in [-0.4, -0.2) is 55.6 Å². The minimum Gasteiger partial charge on any atom is -0.493 e. The molecule has 34 heavy (non-hydrogen) atoms. The normalized spacial score (nSPS) is 15.2. The molecule has 1 aliphatic rings. The van der Waals surface area contributed by atoms with Crippen molar-refractivity contribution in [3.63, 3.8) is 0 Å². The molecule has 0 atom stereocenters. The second-order valence-electron chi connectivity index (χ2n) is 8.77. The Morgan fingerprint density at radius 3 is 2.79 bits per heavy atom. The van der Waals surface area contributed by atoms with E-state index < -0.39 is 5.97 Å². The highest BCUT2D eigenvalue weighted by atomic mass is 16.5. The first-order chi connectivity index (χ1) is 16.5. The van der Waals surface area contributed by atoms with E-state index in [1.165, 1.54) is 0 Å². The van der Waals surface area contributed by atoms with Crippen molar-refractivity contribution in [1.29, 1.82) is 0 Å². The molecule has 0 spiro atoms. The van der Waals surface area contributed by atoms with Gasteiger partial charge in [0.25, 0.3) is 5.56 Å². The summed E-state index contributed by atoms with van der Waals surface area (Å²) in [7, 11) is 0. The van der Waals surface area contributed by atoms with Crippen molar-refractivity contribution in [1.82, 2.24) is 24.8 Å². The topological polar surface area (TPSA) is 124 Å². The molecule has 4 aromatic rings. The second kappa shape index (κ2) is 9.26. The van der Waals surface area contributed by atoms with E-state index in [1.807, 2.05) is 31.2 Å². The smallest absolute Gasteiger partial charge is 0.306 e. The summed E-state index contributed by atoms with van der Waals surface area (Å²) >= 11 is 0. The molecule has 2 aromatic heterocycles. The number of nitrogens with zero attached hydrogens (tertiary/aromatic N) is 3. The molecule has 1 saturated heterocycles. The highest BCUT2D eigenvalue weighted by Gasteiger charge is 2.24. The van der Waals surface area contributed by atoms with E-state index in [4.69, 9.17) is 9.72 Å². The molecule has 0 aliphatic carbocycles. The van der Waals surface area contributed by atoms with Crippen LogP contribution < -0.4 is 10.3 Å². The number of ether oxygens (including phenoxy) is 1. The van der Waals surface area contributed by atoms with Crippen LogP contribution in [0.2, 0.25) is 0 Å². The molecular formula is C25H27N5O4. The third kappa shape index (κ3) is 4.38. The Morgan fingerprint density at radius 1 is 1.21 bits per heavy atom. The first-order valence-electron chi connectivity index (χ1n) is 11.6. The van der Waals surface area contributed by atoms with Crippen molar-refractivity contribution in [3.8, 4) is 17.1 Å². The van der Waals surface area contributed by atoms with E-state index >= 15 is 0 Å². The largest absolute Gasteiger partial charge is 0.493 e. The molecule has 0 bridgehead atoms. The quantitative estimate of drug-likeness (QED) is 0.384. The second-order valence-corrected chi connectivity index (χ2v) is 8.77. The molecule has 2 aromatic carbocycles. The average Bonchev–Trinajstić information content (AvgIpc) is 3.30. The lowest BCUT2D eigenvalue weighted by Gasteiger charge is -2.30. The van der Waals surface area contributed by atoms with Gasteiger partial charge in [-0.3, -0.25) is 14.5 Å². The lowest BCUT2D eigenvalue weighted by atomic mass is 9.96. The lowest BCUT2D eigenvalue weighted by molar-refractivity contribution is -0.143. The van der Waals surface area contributed by atoms with Gasteiger partial charge in [0.15, 0.2) is 0 Å². The molecule has 1 aliphatic heterocycles. The first kappa shape index (κ1) is 22.1. The Hall–Kier alpha value is -3.72. The van der Waals surface area contributed by atoms with Crippen molar-refractivity contribution >= 4 is 27.9 Å². The monoisotopic (exact) mass is 461 g/mol. The number of benzene rings is 2. The number of imidazole rings is 1. The molecule has 0 radical (unpaired) electrons. The van der Waals surface area contributed by atoms with Gasteiger partial charge in [0.1, 0.15) is 11.6 Å². The van der Waals surface area contributed by atoms with Gasteiger partial charge in [-0.15, -0.1) is 0 Å². The molecule has 0 saturated carbocycles. The number of carboxylic acid groups (broad SMARTS) is 1. The standard InChI is InChI=1S/C25H27N5O4/c1-2-9-34-22-4-3-15(13-30-7-5-16(6-8-30)25(32)33)10-18(22)23-28-19-12-21-20(26-14-27-21)11-17(19)24(31)29-23/h3-4,10-12,14,16H,2,5-9,13H2,1H3,(H,26,27)(H,32,33)(H,28,29,31). The number of likely N-dealkylation sites (tertiary alicyclic amines) is 1. The zero-order valence-corrected chi connectivity index (χ0v) is 19.0.